The molecule has 2 aromatic carbocycles. The largest absolute Gasteiger partial charge is 0.349 e. The molecule has 7 heteroatoms. The predicted molar refractivity (Wildman–Crippen MR) is 118 cm³/mol. The fourth-order valence-electron chi connectivity index (χ4n) is 3.17. The van der Waals surface area contributed by atoms with Gasteiger partial charge in [-0.2, -0.15) is 12.7 Å². The van der Waals surface area contributed by atoms with Gasteiger partial charge >= 0.3 is 10.2 Å². The number of carbonyl (C=O) groups is 1. The van der Waals surface area contributed by atoms with E-state index < -0.39 is 15.7 Å². The van der Waals surface area contributed by atoms with E-state index >= 15 is 0 Å². The lowest BCUT2D eigenvalue weighted by Crippen LogP contribution is -2.51. The third-order valence-electron chi connectivity index (χ3n) is 4.63. The first kappa shape index (κ1) is 22.9. The predicted octanol–water partition coefficient (Wildman–Crippen LogP) is 3.05. The number of hydrogen-bond donors (Lipinski definition) is 1. The lowest BCUT2D eigenvalue weighted by molar-refractivity contribution is -0.121. The number of carbonyl (C=O) groups excluding carboxylic acids is 1. The minimum atomic E-state index is -3.84. The number of nitrogens with zero attached hydrogens (tertiary/aromatic N) is 2. The molecule has 1 N–H and O–H groups in total. The van der Waals surface area contributed by atoms with Gasteiger partial charge in [0.1, 0.15) is 6.54 Å². The van der Waals surface area contributed by atoms with Crippen molar-refractivity contribution in [3.8, 4) is 0 Å². The summed E-state index contributed by atoms with van der Waals surface area (Å²) in [7, 11) is -0.909. The molecule has 0 aliphatic carbocycles. The van der Waals surface area contributed by atoms with Crippen molar-refractivity contribution in [2.75, 3.05) is 24.9 Å². The summed E-state index contributed by atoms with van der Waals surface area (Å²) in [5.41, 5.74) is 2.81. The highest BCUT2D eigenvalue weighted by Crippen LogP contribution is 2.25. The molecule has 6 nitrogen and oxygen atoms in total. The van der Waals surface area contributed by atoms with E-state index in [1.54, 1.807) is 6.07 Å². The van der Waals surface area contributed by atoms with E-state index in [4.69, 9.17) is 0 Å². The van der Waals surface area contributed by atoms with Crippen LogP contribution in [-0.4, -0.2) is 44.8 Å². The summed E-state index contributed by atoms with van der Waals surface area (Å²) in [6.07, 6.45) is 0.642. The van der Waals surface area contributed by atoms with Crippen molar-refractivity contribution in [1.29, 1.82) is 0 Å². The second kappa shape index (κ2) is 8.97. The van der Waals surface area contributed by atoms with Gasteiger partial charge in [0.05, 0.1) is 5.69 Å². The van der Waals surface area contributed by atoms with Crippen molar-refractivity contribution < 1.29 is 13.2 Å². The number of hydrogen-bond acceptors (Lipinski definition) is 3. The van der Waals surface area contributed by atoms with Crippen LogP contribution in [0, 0.1) is 13.8 Å². The molecule has 158 valence electrons. The summed E-state index contributed by atoms with van der Waals surface area (Å²) in [6.45, 7) is 7.31. The second-order valence-corrected chi connectivity index (χ2v) is 10.2. The molecule has 0 radical (unpaired) electrons. The van der Waals surface area contributed by atoms with Crippen molar-refractivity contribution in [3.63, 3.8) is 0 Å². The van der Waals surface area contributed by atoms with Gasteiger partial charge in [0.15, 0.2) is 0 Å². The van der Waals surface area contributed by atoms with Gasteiger partial charge in [0.2, 0.25) is 5.91 Å². The Morgan fingerprint density at radius 1 is 1.03 bits per heavy atom. The highest BCUT2D eigenvalue weighted by molar-refractivity contribution is 7.90. The van der Waals surface area contributed by atoms with Gasteiger partial charge < -0.3 is 5.32 Å². The fraction of sp³-hybridized carbons (Fsp3) is 0.409. The molecule has 0 saturated carbocycles. The minimum Gasteiger partial charge on any atom is -0.349 e. The lowest BCUT2D eigenvalue weighted by Gasteiger charge is -2.31. The molecule has 0 aromatic heterocycles. The minimum absolute atomic E-state index is 0.289. The Hall–Kier alpha value is -2.38. The third-order valence-corrected chi connectivity index (χ3v) is 6.43. The van der Waals surface area contributed by atoms with Crippen LogP contribution in [-0.2, 0) is 21.4 Å². The molecule has 0 spiro atoms. The molecule has 0 atom stereocenters. The van der Waals surface area contributed by atoms with Crippen LogP contribution in [0.1, 0.15) is 30.5 Å². The molecule has 0 heterocycles. The van der Waals surface area contributed by atoms with E-state index in [0.29, 0.717) is 12.1 Å². The Balaban J connectivity index is 2.27. The van der Waals surface area contributed by atoms with Gasteiger partial charge in [-0.05, 0) is 56.9 Å². The van der Waals surface area contributed by atoms with E-state index in [1.807, 2.05) is 70.2 Å². The number of rotatable bonds is 8. The molecule has 0 saturated heterocycles. The Morgan fingerprint density at radius 3 is 2.24 bits per heavy atom. The van der Waals surface area contributed by atoms with Crippen LogP contribution in [0.5, 0.6) is 0 Å². The maximum Gasteiger partial charge on any atom is 0.304 e. The topological polar surface area (TPSA) is 69.7 Å². The Bertz CT molecular complexity index is 955. The standard InChI is InChI=1S/C22H31N3O3S/c1-17-12-13-18(2)20(14-17)25(29(27,28)24(5)6)16-21(26)23-22(3,4)15-19-10-8-7-9-11-19/h7-14H,15-16H2,1-6H3,(H,23,26). The van der Waals surface area contributed by atoms with Crippen molar-refractivity contribution in [3.05, 3.63) is 65.2 Å². The molecule has 0 unspecified atom stereocenters. The SMILES string of the molecule is Cc1ccc(C)c(N(CC(=O)NC(C)(C)Cc2ccccc2)S(=O)(=O)N(C)C)c1. The maximum atomic E-state index is 13.0. The van der Waals surface area contributed by atoms with Crippen molar-refractivity contribution in [1.82, 2.24) is 9.62 Å². The van der Waals surface area contributed by atoms with Gasteiger partial charge in [-0.3, -0.25) is 4.79 Å². The van der Waals surface area contributed by atoms with Crippen LogP contribution < -0.4 is 9.62 Å². The highest BCUT2D eigenvalue weighted by atomic mass is 32.2. The molecule has 0 aliphatic rings. The molecule has 0 bridgehead atoms. The van der Waals surface area contributed by atoms with Crippen molar-refractivity contribution in [2.24, 2.45) is 0 Å². The smallest absolute Gasteiger partial charge is 0.304 e. The number of amides is 1. The van der Waals surface area contributed by atoms with E-state index in [-0.39, 0.29) is 12.5 Å². The zero-order valence-electron chi connectivity index (χ0n) is 18.1. The van der Waals surface area contributed by atoms with Crippen LogP contribution in [0.3, 0.4) is 0 Å². The maximum absolute atomic E-state index is 13.0. The number of anilines is 1. The average Bonchev–Trinajstić information content (AvgIpc) is 2.61. The van der Waals surface area contributed by atoms with E-state index in [1.165, 1.54) is 18.4 Å². The van der Waals surface area contributed by atoms with Gasteiger partial charge in [-0.1, -0.05) is 42.5 Å². The molecule has 1 amide bonds. The van der Waals surface area contributed by atoms with Gasteiger partial charge in [0, 0.05) is 19.6 Å². The molecule has 29 heavy (non-hydrogen) atoms. The van der Waals surface area contributed by atoms with Crippen LogP contribution in [0.2, 0.25) is 0 Å². The van der Waals surface area contributed by atoms with Crippen LogP contribution >= 0.6 is 0 Å². The first-order chi connectivity index (χ1) is 13.4. The van der Waals surface area contributed by atoms with Crippen LogP contribution in [0.4, 0.5) is 5.69 Å². The van der Waals surface area contributed by atoms with Gasteiger partial charge in [0.25, 0.3) is 0 Å². The molecule has 2 aromatic rings. The van der Waals surface area contributed by atoms with E-state index in [0.717, 1.165) is 21.0 Å². The van der Waals surface area contributed by atoms with Crippen molar-refractivity contribution in [2.45, 2.75) is 39.7 Å². The first-order valence-corrected chi connectivity index (χ1v) is 10.9. The van der Waals surface area contributed by atoms with Gasteiger partial charge in [-0.15, -0.1) is 0 Å². The summed E-state index contributed by atoms with van der Waals surface area (Å²) in [5, 5.41) is 2.99. The van der Waals surface area contributed by atoms with Crippen LogP contribution in [0.25, 0.3) is 0 Å². The highest BCUT2D eigenvalue weighted by Gasteiger charge is 2.30. The number of aryl methyl sites for hydroxylation is 2. The summed E-state index contributed by atoms with van der Waals surface area (Å²) in [6, 6.07) is 15.4. The third kappa shape index (κ3) is 6.05. The zero-order chi connectivity index (χ0) is 21.8. The van der Waals surface area contributed by atoms with Crippen molar-refractivity contribution >= 4 is 21.8 Å². The summed E-state index contributed by atoms with van der Waals surface area (Å²) >= 11 is 0. The lowest BCUT2D eigenvalue weighted by atomic mass is 9.95. The fourth-order valence-corrected chi connectivity index (χ4v) is 4.29. The quantitative estimate of drug-likeness (QED) is 0.718. The summed E-state index contributed by atoms with van der Waals surface area (Å²) in [4.78, 5) is 12.9. The molecule has 2 rings (SSSR count). The summed E-state index contributed by atoms with van der Waals surface area (Å²) < 4.78 is 28.2. The molecule has 0 fully saturated rings. The normalized spacial score (nSPS) is 12.1. The number of nitrogens with one attached hydrogen (secondary N) is 1. The van der Waals surface area contributed by atoms with E-state index in [9.17, 15) is 13.2 Å². The second-order valence-electron chi connectivity index (χ2n) is 8.18. The monoisotopic (exact) mass is 417 g/mol. The zero-order valence-corrected chi connectivity index (χ0v) is 18.9. The Kier molecular flexibility index (Phi) is 7.08. The first-order valence-electron chi connectivity index (χ1n) is 9.55. The number of benzene rings is 2. The van der Waals surface area contributed by atoms with Gasteiger partial charge in [-0.25, -0.2) is 4.31 Å². The molecule has 0 aliphatic heterocycles. The summed E-state index contributed by atoms with van der Waals surface area (Å²) in [5.74, 6) is -0.350. The Labute approximate surface area is 174 Å². The average molecular weight is 418 g/mol. The molecular formula is C22H31N3O3S. The van der Waals surface area contributed by atoms with E-state index in [2.05, 4.69) is 5.32 Å². The van der Waals surface area contributed by atoms with Crippen LogP contribution in [0.15, 0.2) is 48.5 Å². The Morgan fingerprint density at radius 2 is 1.66 bits per heavy atom. The molecular weight excluding hydrogens is 386 g/mol.